The molecule has 0 bridgehead atoms. The van der Waals surface area contributed by atoms with Gasteiger partial charge in [-0.1, -0.05) is 25.1 Å². The van der Waals surface area contributed by atoms with Gasteiger partial charge in [-0.15, -0.1) is 0 Å². The van der Waals surface area contributed by atoms with E-state index >= 15 is 0 Å². The maximum atomic E-state index is 12.5. The molecule has 1 aromatic carbocycles. The molecule has 1 heterocycles. The van der Waals surface area contributed by atoms with Crippen molar-refractivity contribution in [3.8, 4) is 0 Å². The number of thioether (sulfide) groups is 1. The Labute approximate surface area is 129 Å². The SMILES string of the molecule is CCNc1cc(C(=O)NCC(C)SC)c2ccccc2n1. The predicted molar refractivity (Wildman–Crippen MR) is 91.2 cm³/mol. The summed E-state index contributed by atoms with van der Waals surface area (Å²) in [7, 11) is 0. The molecule has 112 valence electrons. The fourth-order valence-corrected chi connectivity index (χ4v) is 2.30. The van der Waals surface area contributed by atoms with Crippen LogP contribution in [-0.4, -0.2) is 35.5 Å². The lowest BCUT2D eigenvalue weighted by atomic mass is 10.1. The molecule has 1 atom stereocenters. The molecule has 0 fully saturated rings. The number of carbonyl (C=O) groups is 1. The zero-order chi connectivity index (χ0) is 15.2. The third kappa shape index (κ3) is 3.88. The molecular formula is C16H21N3OS. The van der Waals surface area contributed by atoms with E-state index in [-0.39, 0.29) is 5.91 Å². The number of amides is 1. The quantitative estimate of drug-likeness (QED) is 0.861. The Kier molecular flexibility index (Phi) is 5.44. The van der Waals surface area contributed by atoms with Crippen LogP contribution in [-0.2, 0) is 0 Å². The summed E-state index contributed by atoms with van der Waals surface area (Å²) in [4.78, 5) is 17.0. The van der Waals surface area contributed by atoms with Crippen LogP contribution in [0.25, 0.3) is 10.9 Å². The number of pyridine rings is 1. The van der Waals surface area contributed by atoms with E-state index in [1.54, 1.807) is 11.8 Å². The standard InChI is InChI=1S/C16H21N3OS/c1-4-17-15-9-13(16(20)18-10-11(2)21-3)12-7-5-6-8-14(12)19-15/h5-9,11H,4,10H2,1-3H3,(H,17,19)(H,18,20). The molecule has 1 amide bonds. The van der Waals surface area contributed by atoms with Crippen molar-refractivity contribution in [2.24, 2.45) is 0 Å². The molecule has 2 N–H and O–H groups in total. The fourth-order valence-electron chi connectivity index (χ4n) is 2.05. The smallest absolute Gasteiger partial charge is 0.252 e. The Bertz CT molecular complexity index is 630. The number of hydrogen-bond donors (Lipinski definition) is 2. The molecule has 1 aromatic heterocycles. The minimum absolute atomic E-state index is 0.0475. The number of rotatable bonds is 6. The van der Waals surface area contributed by atoms with E-state index in [0.717, 1.165) is 23.3 Å². The van der Waals surface area contributed by atoms with E-state index in [0.29, 0.717) is 17.4 Å². The third-order valence-electron chi connectivity index (χ3n) is 3.27. The molecule has 21 heavy (non-hydrogen) atoms. The van der Waals surface area contributed by atoms with Crippen LogP contribution in [0, 0.1) is 0 Å². The first kappa shape index (κ1) is 15.6. The predicted octanol–water partition coefficient (Wildman–Crippen LogP) is 3.15. The first-order valence-corrected chi connectivity index (χ1v) is 8.39. The van der Waals surface area contributed by atoms with Gasteiger partial charge in [0.1, 0.15) is 5.82 Å². The molecule has 0 saturated heterocycles. The van der Waals surface area contributed by atoms with E-state index < -0.39 is 0 Å². The Morgan fingerprint density at radius 3 is 2.86 bits per heavy atom. The van der Waals surface area contributed by atoms with Crippen molar-refractivity contribution in [1.82, 2.24) is 10.3 Å². The van der Waals surface area contributed by atoms with Gasteiger partial charge in [0.25, 0.3) is 5.91 Å². The summed E-state index contributed by atoms with van der Waals surface area (Å²) < 4.78 is 0. The number of fused-ring (bicyclic) bond motifs is 1. The Balaban J connectivity index is 2.34. The lowest BCUT2D eigenvalue weighted by Gasteiger charge is -2.13. The van der Waals surface area contributed by atoms with Gasteiger partial charge < -0.3 is 10.6 Å². The molecule has 5 heteroatoms. The number of para-hydroxylation sites is 1. The van der Waals surface area contributed by atoms with Crippen molar-refractivity contribution in [2.75, 3.05) is 24.7 Å². The average molecular weight is 303 g/mol. The summed E-state index contributed by atoms with van der Waals surface area (Å²) >= 11 is 1.74. The number of nitrogens with zero attached hydrogens (tertiary/aromatic N) is 1. The molecule has 0 spiro atoms. The van der Waals surface area contributed by atoms with Crippen LogP contribution in [0.2, 0.25) is 0 Å². The lowest BCUT2D eigenvalue weighted by Crippen LogP contribution is -2.29. The van der Waals surface area contributed by atoms with Gasteiger partial charge in [-0.25, -0.2) is 4.98 Å². The first-order chi connectivity index (χ1) is 10.2. The largest absolute Gasteiger partial charge is 0.370 e. The van der Waals surface area contributed by atoms with Gasteiger partial charge in [-0.2, -0.15) is 11.8 Å². The van der Waals surface area contributed by atoms with Crippen molar-refractivity contribution < 1.29 is 4.79 Å². The normalized spacial score (nSPS) is 12.1. The molecule has 0 aliphatic rings. The van der Waals surface area contributed by atoms with E-state index in [2.05, 4.69) is 22.5 Å². The number of anilines is 1. The minimum atomic E-state index is -0.0475. The van der Waals surface area contributed by atoms with Crippen molar-refractivity contribution in [2.45, 2.75) is 19.1 Å². The summed E-state index contributed by atoms with van der Waals surface area (Å²) in [5, 5.41) is 7.45. The van der Waals surface area contributed by atoms with Crippen LogP contribution in [0.1, 0.15) is 24.2 Å². The van der Waals surface area contributed by atoms with Crippen molar-refractivity contribution in [1.29, 1.82) is 0 Å². The molecule has 2 aromatic rings. The van der Waals surface area contributed by atoms with Crippen molar-refractivity contribution in [3.05, 3.63) is 35.9 Å². The van der Waals surface area contributed by atoms with Gasteiger partial charge in [0.15, 0.2) is 0 Å². The number of hydrogen-bond acceptors (Lipinski definition) is 4. The second kappa shape index (κ2) is 7.31. The molecule has 0 saturated carbocycles. The topological polar surface area (TPSA) is 54.0 Å². The van der Waals surface area contributed by atoms with Crippen LogP contribution in [0.5, 0.6) is 0 Å². The van der Waals surface area contributed by atoms with Gasteiger partial charge >= 0.3 is 0 Å². The monoisotopic (exact) mass is 303 g/mol. The Hall–Kier alpha value is -1.75. The molecular weight excluding hydrogens is 282 g/mol. The number of nitrogens with one attached hydrogen (secondary N) is 2. The molecule has 0 radical (unpaired) electrons. The Morgan fingerprint density at radius 1 is 1.38 bits per heavy atom. The van der Waals surface area contributed by atoms with E-state index in [1.807, 2.05) is 43.5 Å². The highest BCUT2D eigenvalue weighted by Crippen LogP contribution is 2.20. The number of carbonyl (C=O) groups excluding carboxylic acids is 1. The van der Waals surface area contributed by atoms with Gasteiger partial charge in [0.2, 0.25) is 0 Å². The molecule has 4 nitrogen and oxygen atoms in total. The summed E-state index contributed by atoms with van der Waals surface area (Å²) in [6, 6.07) is 9.55. The van der Waals surface area contributed by atoms with E-state index in [4.69, 9.17) is 0 Å². The summed E-state index contributed by atoms with van der Waals surface area (Å²) in [6.45, 7) is 5.54. The van der Waals surface area contributed by atoms with Crippen LogP contribution in [0.4, 0.5) is 5.82 Å². The first-order valence-electron chi connectivity index (χ1n) is 7.10. The zero-order valence-corrected chi connectivity index (χ0v) is 13.5. The second-order valence-corrected chi connectivity index (χ2v) is 6.14. The van der Waals surface area contributed by atoms with Gasteiger partial charge in [-0.05, 0) is 25.3 Å². The van der Waals surface area contributed by atoms with Crippen LogP contribution < -0.4 is 10.6 Å². The summed E-state index contributed by atoms with van der Waals surface area (Å²) in [5.74, 6) is 0.688. The summed E-state index contributed by atoms with van der Waals surface area (Å²) in [5.41, 5.74) is 1.50. The highest BCUT2D eigenvalue weighted by molar-refractivity contribution is 7.99. The fraction of sp³-hybridized carbons (Fsp3) is 0.375. The van der Waals surface area contributed by atoms with E-state index in [1.165, 1.54) is 0 Å². The van der Waals surface area contributed by atoms with Crippen molar-refractivity contribution >= 4 is 34.4 Å². The average Bonchev–Trinajstić information content (AvgIpc) is 2.51. The van der Waals surface area contributed by atoms with Crippen molar-refractivity contribution in [3.63, 3.8) is 0 Å². The van der Waals surface area contributed by atoms with Gasteiger partial charge in [0, 0.05) is 23.7 Å². The number of benzene rings is 1. The molecule has 0 aliphatic heterocycles. The zero-order valence-electron chi connectivity index (χ0n) is 12.6. The second-order valence-electron chi connectivity index (χ2n) is 4.86. The highest BCUT2D eigenvalue weighted by Gasteiger charge is 2.13. The van der Waals surface area contributed by atoms with Gasteiger partial charge in [0.05, 0.1) is 11.1 Å². The molecule has 1 unspecified atom stereocenters. The number of aromatic nitrogens is 1. The van der Waals surface area contributed by atoms with Crippen LogP contribution in [0.15, 0.2) is 30.3 Å². The molecule has 0 aliphatic carbocycles. The van der Waals surface area contributed by atoms with Crippen LogP contribution in [0.3, 0.4) is 0 Å². The van der Waals surface area contributed by atoms with Gasteiger partial charge in [-0.3, -0.25) is 4.79 Å². The molecule has 2 rings (SSSR count). The van der Waals surface area contributed by atoms with Crippen LogP contribution >= 0.6 is 11.8 Å². The third-order valence-corrected chi connectivity index (χ3v) is 4.24. The minimum Gasteiger partial charge on any atom is -0.370 e. The van der Waals surface area contributed by atoms with E-state index in [9.17, 15) is 4.79 Å². The Morgan fingerprint density at radius 2 is 2.14 bits per heavy atom. The summed E-state index contributed by atoms with van der Waals surface area (Å²) in [6.07, 6.45) is 2.04. The highest BCUT2D eigenvalue weighted by atomic mass is 32.2. The maximum Gasteiger partial charge on any atom is 0.252 e. The maximum absolute atomic E-state index is 12.5. The lowest BCUT2D eigenvalue weighted by molar-refractivity contribution is 0.0956.